The SMILES string of the molecule is CCCc1ncc(C(=O)NC(CC(=O)O)c2ccc(Br)cc2)s1. The molecule has 0 radical (unpaired) electrons. The van der Waals surface area contributed by atoms with E-state index in [4.69, 9.17) is 5.11 Å². The van der Waals surface area contributed by atoms with E-state index in [1.165, 1.54) is 11.3 Å². The molecule has 1 amide bonds. The lowest BCUT2D eigenvalue weighted by molar-refractivity contribution is -0.137. The van der Waals surface area contributed by atoms with Crippen LogP contribution in [0.5, 0.6) is 0 Å². The predicted molar refractivity (Wildman–Crippen MR) is 92.7 cm³/mol. The van der Waals surface area contributed by atoms with Gasteiger partial charge in [-0.2, -0.15) is 0 Å². The lowest BCUT2D eigenvalue weighted by Crippen LogP contribution is -2.29. The molecule has 0 fully saturated rings. The van der Waals surface area contributed by atoms with Gasteiger partial charge in [0.2, 0.25) is 0 Å². The smallest absolute Gasteiger partial charge is 0.305 e. The van der Waals surface area contributed by atoms with Gasteiger partial charge < -0.3 is 10.4 Å². The van der Waals surface area contributed by atoms with Crippen molar-refractivity contribution in [1.29, 1.82) is 0 Å². The number of carbonyl (C=O) groups is 2. The normalized spacial score (nSPS) is 11.9. The van der Waals surface area contributed by atoms with E-state index in [9.17, 15) is 9.59 Å². The number of halogens is 1. The summed E-state index contributed by atoms with van der Waals surface area (Å²) in [7, 11) is 0. The largest absolute Gasteiger partial charge is 0.481 e. The van der Waals surface area contributed by atoms with E-state index >= 15 is 0 Å². The summed E-state index contributed by atoms with van der Waals surface area (Å²) in [4.78, 5) is 28.2. The lowest BCUT2D eigenvalue weighted by atomic mass is 10.0. The van der Waals surface area contributed by atoms with Gasteiger partial charge in [-0.25, -0.2) is 4.98 Å². The number of aliphatic carboxylic acids is 1. The number of thiazole rings is 1. The minimum Gasteiger partial charge on any atom is -0.481 e. The zero-order valence-corrected chi connectivity index (χ0v) is 15.0. The Balaban J connectivity index is 2.14. The molecule has 122 valence electrons. The zero-order valence-electron chi connectivity index (χ0n) is 12.6. The quantitative estimate of drug-likeness (QED) is 0.745. The topological polar surface area (TPSA) is 79.3 Å². The summed E-state index contributed by atoms with van der Waals surface area (Å²) in [6, 6.07) is 6.66. The number of nitrogens with one attached hydrogen (secondary N) is 1. The molecule has 1 aromatic carbocycles. The number of benzene rings is 1. The molecule has 0 aliphatic carbocycles. The highest BCUT2D eigenvalue weighted by molar-refractivity contribution is 9.10. The van der Waals surface area contributed by atoms with Crippen molar-refractivity contribution in [3.8, 4) is 0 Å². The van der Waals surface area contributed by atoms with Crippen LogP contribution < -0.4 is 5.32 Å². The number of hydrogen-bond acceptors (Lipinski definition) is 4. The van der Waals surface area contributed by atoms with Crippen molar-refractivity contribution in [3.05, 3.63) is 50.4 Å². The molecule has 5 nitrogen and oxygen atoms in total. The second-order valence-electron chi connectivity index (χ2n) is 5.04. The third-order valence-electron chi connectivity index (χ3n) is 3.20. The van der Waals surface area contributed by atoms with Crippen molar-refractivity contribution in [2.45, 2.75) is 32.2 Å². The Bertz CT molecular complexity index is 685. The van der Waals surface area contributed by atoms with Crippen molar-refractivity contribution in [2.75, 3.05) is 0 Å². The van der Waals surface area contributed by atoms with Crippen LogP contribution in [0.4, 0.5) is 0 Å². The molecule has 1 heterocycles. The fraction of sp³-hybridized carbons (Fsp3) is 0.312. The first-order valence-electron chi connectivity index (χ1n) is 7.22. The van der Waals surface area contributed by atoms with Gasteiger partial charge in [-0.1, -0.05) is 35.0 Å². The minimum absolute atomic E-state index is 0.173. The van der Waals surface area contributed by atoms with Gasteiger partial charge in [-0.15, -0.1) is 11.3 Å². The Labute approximate surface area is 146 Å². The molecule has 2 rings (SSSR count). The van der Waals surface area contributed by atoms with E-state index < -0.39 is 12.0 Å². The number of hydrogen-bond donors (Lipinski definition) is 2. The molecule has 23 heavy (non-hydrogen) atoms. The van der Waals surface area contributed by atoms with Crippen LogP contribution >= 0.6 is 27.3 Å². The van der Waals surface area contributed by atoms with Crippen LogP contribution in [0.25, 0.3) is 0 Å². The van der Waals surface area contributed by atoms with E-state index in [2.05, 4.69) is 33.2 Å². The van der Waals surface area contributed by atoms with E-state index in [1.54, 1.807) is 18.3 Å². The molecule has 0 aliphatic rings. The summed E-state index contributed by atoms with van der Waals surface area (Å²) in [5.41, 5.74) is 0.752. The first-order valence-corrected chi connectivity index (χ1v) is 8.83. The van der Waals surface area contributed by atoms with Gasteiger partial charge in [0.15, 0.2) is 0 Å². The highest BCUT2D eigenvalue weighted by atomic mass is 79.9. The lowest BCUT2D eigenvalue weighted by Gasteiger charge is -2.17. The van der Waals surface area contributed by atoms with Crippen molar-refractivity contribution in [1.82, 2.24) is 10.3 Å². The van der Waals surface area contributed by atoms with Crippen LogP contribution in [0.1, 0.15) is 46.0 Å². The van der Waals surface area contributed by atoms with Crippen molar-refractivity contribution in [3.63, 3.8) is 0 Å². The summed E-state index contributed by atoms with van der Waals surface area (Å²) in [6.45, 7) is 2.05. The van der Waals surface area contributed by atoms with Gasteiger partial charge in [-0.3, -0.25) is 9.59 Å². The first kappa shape index (κ1) is 17.6. The second kappa shape index (κ2) is 8.21. The Kier molecular flexibility index (Phi) is 6.29. The zero-order chi connectivity index (χ0) is 16.8. The molecule has 1 atom stereocenters. The third kappa shape index (κ3) is 5.14. The molecule has 0 bridgehead atoms. The molecule has 7 heteroatoms. The fourth-order valence-corrected chi connectivity index (χ4v) is 3.28. The summed E-state index contributed by atoms with van der Waals surface area (Å²) in [6.07, 6.45) is 3.18. The summed E-state index contributed by atoms with van der Waals surface area (Å²) < 4.78 is 0.897. The van der Waals surface area contributed by atoms with Gasteiger partial charge in [-0.05, 0) is 30.5 Å². The summed E-state index contributed by atoms with van der Waals surface area (Å²) in [5, 5.41) is 12.8. The maximum Gasteiger partial charge on any atom is 0.305 e. The van der Waals surface area contributed by atoms with Crippen LogP contribution in [0.2, 0.25) is 0 Å². The van der Waals surface area contributed by atoms with Crippen LogP contribution in [-0.4, -0.2) is 22.0 Å². The first-order chi connectivity index (χ1) is 11.0. The number of carboxylic acids is 1. The summed E-state index contributed by atoms with van der Waals surface area (Å²) in [5.74, 6) is -1.26. The third-order valence-corrected chi connectivity index (χ3v) is 4.78. The number of carbonyl (C=O) groups excluding carboxylic acids is 1. The highest BCUT2D eigenvalue weighted by Gasteiger charge is 2.20. The molecule has 2 aromatic rings. The molecular formula is C16H17BrN2O3S. The molecule has 1 unspecified atom stereocenters. The van der Waals surface area contributed by atoms with E-state index in [0.29, 0.717) is 4.88 Å². The minimum atomic E-state index is -0.964. The molecule has 0 aliphatic heterocycles. The average molecular weight is 397 g/mol. The molecule has 0 saturated carbocycles. The Hall–Kier alpha value is -1.73. The van der Waals surface area contributed by atoms with E-state index in [1.807, 2.05) is 12.1 Å². The van der Waals surface area contributed by atoms with Gasteiger partial charge in [0.05, 0.1) is 23.7 Å². The number of aryl methyl sites for hydroxylation is 1. The molecular weight excluding hydrogens is 380 g/mol. The van der Waals surface area contributed by atoms with E-state index in [-0.39, 0.29) is 12.3 Å². The Morgan fingerprint density at radius 3 is 2.65 bits per heavy atom. The average Bonchev–Trinajstić information content (AvgIpc) is 2.96. The van der Waals surface area contributed by atoms with Crippen LogP contribution in [0.3, 0.4) is 0 Å². The molecule has 0 saturated heterocycles. The fourth-order valence-electron chi connectivity index (χ4n) is 2.10. The molecule has 1 aromatic heterocycles. The molecule has 0 spiro atoms. The van der Waals surface area contributed by atoms with Crippen molar-refractivity contribution in [2.24, 2.45) is 0 Å². The second-order valence-corrected chi connectivity index (χ2v) is 7.07. The Morgan fingerprint density at radius 2 is 2.04 bits per heavy atom. The van der Waals surface area contributed by atoms with Crippen molar-refractivity contribution >= 4 is 39.1 Å². The monoisotopic (exact) mass is 396 g/mol. The number of rotatable bonds is 7. The number of aromatic nitrogens is 1. The van der Waals surface area contributed by atoms with Gasteiger partial charge in [0.25, 0.3) is 5.91 Å². The highest BCUT2D eigenvalue weighted by Crippen LogP contribution is 2.22. The number of amides is 1. The van der Waals surface area contributed by atoms with Crippen LogP contribution in [0, 0.1) is 0 Å². The van der Waals surface area contributed by atoms with Gasteiger partial charge >= 0.3 is 5.97 Å². The molecule has 2 N–H and O–H groups in total. The number of nitrogens with zero attached hydrogens (tertiary/aromatic N) is 1. The van der Waals surface area contributed by atoms with Crippen LogP contribution in [0.15, 0.2) is 34.9 Å². The summed E-state index contributed by atoms with van der Waals surface area (Å²) >= 11 is 4.69. The van der Waals surface area contributed by atoms with Gasteiger partial charge in [0, 0.05) is 4.47 Å². The number of carboxylic acid groups (broad SMARTS) is 1. The standard InChI is InChI=1S/C16H17BrN2O3S/c1-2-3-14-18-9-13(23-14)16(22)19-12(8-15(20)21)10-4-6-11(17)7-5-10/h4-7,9,12H,2-3,8H2,1H3,(H,19,22)(H,20,21). The van der Waals surface area contributed by atoms with E-state index in [0.717, 1.165) is 27.9 Å². The van der Waals surface area contributed by atoms with Gasteiger partial charge in [0.1, 0.15) is 4.88 Å². The van der Waals surface area contributed by atoms with Crippen LogP contribution in [-0.2, 0) is 11.2 Å². The maximum atomic E-state index is 12.4. The Morgan fingerprint density at radius 1 is 1.35 bits per heavy atom. The predicted octanol–water partition coefficient (Wildman–Crippen LogP) is 3.80. The maximum absolute atomic E-state index is 12.4. The van der Waals surface area contributed by atoms with Crippen molar-refractivity contribution < 1.29 is 14.7 Å².